The van der Waals surface area contributed by atoms with E-state index in [0.717, 1.165) is 11.1 Å². The number of rotatable bonds is 4. The van der Waals surface area contributed by atoms with E-state index in [4.69, 9.17) is 0 Å². The van der Waals surface area contributed by atoms with Crippen LogP contribution in [0.3, 0.4) is 0 Å². The summed E-state index contributed by atoms with van der Waals surface area (Å²) in [5.74, 6) is -0.307. The van der Waals surface area contributed by atoms with Crippen LogP contribution in [0, 0.1) is 0 Å². The number of pyridine rings is 1. The molecule has 0 aliphatic heterocycles. The van der Waals surface area contributed by atoms with Crippen LogP contribution in [0.15, 0.2) is 41.4 Å². The number of carbonyl (C=O) groups is 1. The van der Waals surface area contributed by atoms with Gasteiger partial charge in [0.15, 0.2) is 0 Å². The van der Waals surface area contributed by atoms with E-state index in [9.17, 15) is 9.90 Å². The van der Waals surface area contributed by atoms with Crippen molar-refractivity contribution in [2.24, 2.45) is 0 Å². The molecule has 20 heavy (non-hydrogen) atoms. The van der Waals surface area contributed by atoms with Crippen molar-refractivity contribution in [2.75, 3.05) is 5.32 Å². The first-order valence-electron chi connectivity index (χ1n) is 5.97. The maximum absolute atomic E-state index is 11.2. The van der Waals surface area contributed by atoms with E-state index < -0.39 is 5.97 Å². The van der Waals surface area contributed by atoms with Crippen molar-refractivity contribution >= 4 is 33.9 Å². The second-order valence-electron chi connectivity index (χ2n) is 4.20. The van der Waals surface area contributed by atoms with Gasteiger partial charge in [0.1, 0.15) is 5.82 Å². The lowest BCUT2D eigenvalue weighted by Crippen LogP contribution is -2.05. The van der Waals surface area contributed by atoms with Crippen molar-refractivity contribution in [1.82, 2.24) is 9.97 Å². The number of aromatic carboxylic acids is 1. The van der Waals surface area contributed by atoms with Gasteiger partial charge in [-0.2, -0.15) is 0 Å². The SMILES string of the molecule is O=C(O)c1cnc(NCc2cscn2)c2ccccc12. The normalized spacial score (nSPS) is 10.6. The topological polar surface area (TPSA) is 75.1 Å². The van der Waals surface area contributed by atoms with Gasteiger partial charge in [-0.1, -0.05) is 24.3 Å². The van der Waals surface area contributed by atoms with Crippen LogP contribution >= 0.6 is 11.3 Å². The molecule has 6 heteroatoms. The minimum Gasteiger partial charge on any atom is -0.478 e. The maximum atomic E-state index is 11.2. The summed E-state index contributed by atoms with van der Waals surface area (Å²) in [6.07, 6.45) is 1.38. The highest BCUT2D eigenvalue weighted by Crippen LogP contribution is 2.24. The van der Waals surface area contributed by atoms with Crippen molar-refractivity contribution in [3.05, 3.63) is 52.6 Å². The van der Waals surface area contributed by atoms with Crippen molar-refractivity contribution in [1.29, 1.82) is 0 Å². The number of nitrogens with zero attached hydrogens (tertiary/aromatic N) is 2. The molecule has 0 aliphatic rings. The van der Waals surface area contributed by atoms with Crippen LogP contribution in [0.25, 0.3) is 10.8 Å². The molecule has 0 unspecified atom stereocenters. The van der Waals surface area contributed by atoms with E-state index in [1.165, 1.54) is 17.5 Å². The highest BCUT2D eigenvalue weighted by Gasteiger charge is 2.12. The van der Waals surface area contributed by atoms with Crippen molar-refractivity contribution in [3.63, 3.8) is 0 Å². The molecular weight excluding hydrogens is 274 g/mol. The molecule has 2 heterocycles. The van der Waals surface area contributed by atoms with Gasteiger partial charge in [0.25, 0.3) is 0 Å². The van der Waals surface area contributed by atoms with Crippen LogP contribution in [-0.2, 0) is 6.54 Å². The predicted molar refractivity (Wildman–Crippen MR) is 78.1 cm³/mol. The summed E-state index contributed by atoms with van der Waals surface area (Å²) in [5.41, 5.74) is 2.92. The Labute approximate surface area is 118 Å². The van der Waals surface area contributed by atoms with E-state index in [-0.39, 0.29) is 5.56 Å². The Bertz CT molecular complexity index is 756. The van der Waals surface area contributed by atoms with Gasteiger partial charge in [-0.05, 0) is 0 Å². The number of aromatic nitrogens is 2. The number of nitrogens with one attached hydrogen (secondary N) is 1. The second-order valence-corrected chi connectivity index (χ2v) is 4.92. The first kappa shape index (κ1) is 12.6. The average Bonchev–Trinajstić information content (AvgIpc) is 2.97. The number of fused-ring (bicyclic) bond motifs is 1. The largest absolute Gasteiger partial charge is 0.478 e. The molecule has 1 aromatic carbocycles. The highest BCUT2D eigenvalue weighted by atomic mass is 32.1. The Morgan fingerprint density at radius 2 is 2.05 bits per heavy atom. The first-order valence-corrected chi connectivity index (χ1v) is 6.92. The summed E-state index contributed by atoms with van der Waals surface area (Å²) in [4.78, 5) is 19.6. The van der Waals surface area contributed by atoms with Gasteiger partial charge < -0.3 is 10.4 Å². The molecule has 5 nitrogen and oxygen atoms in total. The summed E-state index contributed by atoms with van der Waals surface area (Å²) in [7, 11) is 0. The number of hydrogen-bond acceptors (Lipinski definition) is 5. The highest BCUT2D eigenvalue weighted by molar-refractivity contribution is 7.07. The van der Waals surface area contributed by atoms with Crippen LogP contribution in [-0.4, -0.2) is 21.0 Å². The fourth-order valence-electron chi connectivity index (χ4n) is 2.00. The number of anilines is 1. The van der Waals surface area contributed by atoms with Crippen molar-refractivity contribution in [3.8, 4) is 0 Å². The molecule has 0 radical (unpaired) electrons. The summed E-state index contributed by atoms with van der Waals surface area (Å²) in [6, 6.07) is 7.33. The van der Waals surface area contributed by atoms with Gasteiger partial charge in [-0.25, -0.2) is 14.8 Å². The molecule has 2 aromatic heterocycles. The lowest BCUT2D eigenvalue weighted by Gasteiger charge is -2.09. The summed E-state index contributed by atoms with van der Waals surface area (Å²) < 4.78 is 0. The predicted octanol–water partition coefficient (Wildman–Crippen LogP) is 3.00. The molecular formula is C14H11N3O2S. The first-order chi connectivity index (χ1) is 9.75. The molecule has 0 saturated carbocycles. The average molecular weight is 285 g/mol. The Hall–Kier alpha value is -2.47. The van der Waals surface area contributed by atoms with Crippen LogP contribution < -0.4 is 5.32 Å². The number of carboxylic acid groups (broad SMARTS) is 1. The second kappa shape index (κ2) is 5.26. The number of carboxylic acids is 1. The van der Waals surface area contributed by atoms with Gasteiger partial charge in [-0.15, -0.1) is 11.3 Å². The van der Waals surface area contributed by atoms with Gasteiger partial charge >= 0.3 is 5.97 Å². The third-order valence-corrected chi connectivity index (χ3v) is 3.58. The summed E-state index contributed by atoms with van der Waals surface area (Å²) in [5, 5.41) is 15.8. The third-order valence-electron chi connectivity index (χ3n) is 2.95. The van der Waals surface area contributed by atoms with E-state index in [1.807, 2.05) is 23.6 Å². The van der Waals surface area contributed by atoms with Crippen LogP contribution in [0.4, 0.5) is 5.82 Å². The molecule has 3 aromatic rings. The smallest absolute Gasteiger partial charge is 0.337 e. The zero-order valence-corrected chi connectivity index (χ0v) is 11.2. The number of benzene rings is 1. The maximum Gasteiger partial charge on any atom is 0.337 e. The van der Waals surface area contributed by atoms with Gasteiger partial charge in [0.2, 0.25) is 0 Å². The van der Waals surface area contributed by atoms with Crippen LogP contribution in [0.1, 0.15) is 16.1 Å². The summed E-state index contributed by atoms with van der Waals surface area (Å²) in [6.45, 7) is 0.562. The molecule has 0 bridgehead atoms. The van der Waals surface area contributed by atoms with E-state index in [1.54, 1.807) is 11.6 Å². The molecule has 3 rings (SSSR count). The van der Waals surface area contributed by atoms with E-state index >= 15 is 0 Å². The quantitative estimate of drug-likeness (QED) is 0.770. The third kappa shape index (κ3) is 2.33. The van der Waals surface area contributed by atoms with Crippen LogP contribution in [0.2, 0.25) is 0 Å². The molecule has 0 fully saturated rings. The minimum atomic E-state index is -0.972. The number of hydrogen-bond donors (Lipinski definition) is 2. The van der Waals surface area contributed by atoms with Gasteiger partial charge in [0.05, 0.1) is 23.3 Å². The van der Waals surface area contributed by atoms with E-state index in [2.05, 4.69) is 15.3 Å². The molecule has 2 N–H and O–H groups in total. The summed E-state index contributed by atoms with van der Waals surface area (Å²) >= 11 is 1.54. The lowest BCUT2D eigenvalue weighted by molar-refractivity contribution is 0.0698. The van der Waals surface area contributed by atoms with Crippen molar-refractivity contribution < 1.29 is 9.90 Å². The Morgan fingerprint density at radius 3 is 2.75 bits per heavy atom. The Kier molecular flexibility index (Phi) is 3.30. The van der Waals surface area contributed by atoms with Crippen molar-refractivity contribution in [2.45, 2.75) is 6.54 Å². The molecule has 0 amide bonds. The molecule has 0 aliphatic carbocycles. The van der Waals surface area contributed by atoms with E-state index in [0.29, 0.717) is 17.7 Å². The zero-order valence-electron chi connectivity index (χ0n) is 10.4. The lowest BCUT2D eigenvalue weighted by atomic mass is 10.1. The molecule has 0 atom stereocenters. The molecule has 0 spiro atoms. The monoisotopic (exact) mass is 285 g/mol. The Balaban J connectivity index is 1.99. The van der Waals surface area contributed by atoms with Gasteiger partial charge in [-0.3, -0.25) is 0 Å². The minimum absolute atomic E-state index is 0.208. The fourth-order valence-corrected chi connectivity index (χ4v) is 2.56. The fraction of sp³-hybridized carbons (Fsp3) is 0.0714. The molecule has 100 valence electrons. The molecule has 0 saturated heterocycles. The standard InChI is InChI=1S/C14H11N3O2S/c18-14(19)12-6-16-13(11-4-2-1-3-10(11)12)15-5-9-7-20-8-17-9/h1-4,6-8H,5H2,(H,15,16)(H,18,19). The number of thiazole rings is 1. The van der Waals surface area contributed by atoms with Gasteiger partial charge in [0, 0.05) is 22.3 Å². The Morgan fingerprint density at radius 1 is 1.25 bits per heavy atom. The zero-order chi connectivity index (χ0) is 13.9. The van der Waals surface area contributed by atoms with Crippen LogP contribution in [0.5, 0.6) is 0 Å².